The van der Waals surface area contributed by atoms with Crippen LogP contribution in [0.15, 0.2) is 30.3 Å². The van der Waals surface area contributed by atoms with E-state index >= 15 is 0 Å². The zero-order valence-electron chi connectivity index (χ0n) is 10.9. The van der Waals surface area contributed by atoms with Gasteiger partial charge in [-0.05, 0) is 24.5 Å². The number of para-hydroxylation sites is 1. The third-order valence-electron chi connectivity index (χ3n) is 4.33. The molecule has 2 heteroatoms. The summed E-state index contributed by atoms with van der Waals surface area (Å²) in [5, 5.41) is 5.06. The number of hydrogen-bond donors (Lipinski definition) is 1. The van der Waals surface area contributed by atoms with E-state index in [0.717, 1.165) is 13.1 Å². The molecule has 2 aliphatic rings. The molecule has 1 aromatic heterocycles. The molecule has 2 aromatic rings. The van der Waals surface area contributed by atoms with Crippen LogP contribution in [0, 0.1) is 12.8 Å². The van der Waals surface area contributed by atoms with E-state index in [9.17, 15) is 0 Å². The standard InChI is InChI=1S/C16H18N2/c1-10-6-14-13-5-3-4-12-7-11(2)18(16(12)13)9-15(14)17-8-10/h3-7,10,15,17H,8-9H2,1-2H3/t10-,15?/m1/s1. The average molecular weight is 238 g/mol. The zero-order valence-corrected chi connectivity index (χ0v) is 10.9. The monoisotopic (exact) mass is 238 g/mol. The molecule has 0 bridgehead atoms. The van der Waals surface area contributed by atoms with E-state index in [-0.39, 0.29) is 0 Å². The van der Waals surface area contributed by atoms with Gasteiger partial charge >= 0.3 is 0 Å². The van der Waals surface area contributed by atoms with Gasteiger partial charge in [-0.3, -0.25) is 0 Å². The first-order valence-corrected chi connectivity index (χ1v) is 6.78. The molecule has 2 aliphatic heterocycles. The van der Waals surface area contributed by atoms with Crippen molar-refractivity contribution in [1.82, 2.24) is 9.88 Å². The van der Waals surface area contributed by atoms with Crippen LogP contribution < -0.4 is 5.32 Å². The van der Waals surface area contributed by atoms with Crippen molar-refractivity contribution in [3.05, 3.63) is 41.6 Å². The van der Waals surface area contributed by atoms with Crippen molar-refractivity contribution in [2.45, 2.75) is 26.4 Å². The lowest BCUT2D eigenvalue weighted by molar-refractivity contribution is 0.469. The van der Waals surface area contributed by atoms with E-state index in [2.05, 4.69) is 54.1 Å². The van der Waals surface area contributed by atoms with Gasteiger partial charge in [0, 0.05) is 29.7 Å². The highest BCUT2D eigenvalue weighted by molar-refractivity contribution is 5.95. The van der Waals surface area contributed by atoms with E-state index < -0.39 is 0 Å². The summed E-state index contributed by atoms with van der Waals surface area (Å²) < 4.78 is 2.47. The summed E-state index contributed by atoms with van der Waals surface area (Å²) in [6.45, 7) is 6.67. The third kappa shape index (κ3) is 1.27. The van der Waals surface area contributed by atoms with Crippen LogP contribution in [0.2, 0.25) is 0 Å². The highest BCUT2D eigenvalue weighted by atomic mass is 15.1. The van der Waals surface area contributed by atoms with Gasteiger partial charge in [0.2, 0.25) is 0 Å². The van der Waals surface area contributed by atoms with E-state index in [1.807, 2.05) is 0 Å². The minimum absolute atomic E-state index is 0.491. The highest BCUT2D eigenvalue weighted by Gasteiger charge is 2.28. The highest BCUT2D eigenvalue weighted by Crippen LogP contribution is 2.36. The topological polar surface area (TPSA) is 17.0 Å². The smallest absolute Gasteiger partial charge is 0.0559 e. The molecule has 0 amide bonds. The summed E-state index contributed by atoms with van der Waals surface area (Å²) in [5.74, 6) is 0.633. The number of hydrogen-bond acceptors (Lipinski definition) is 1. The van der Waals surface area contributed by atoms with Crippen molar-refractivity contribution in [3.63, 3.8) is 0 Å². The van der Waals surface area contributed by atoms with Crippen molar-refractivity contribution in [2.24, 2.45) is 5.92 Å². The maximum Gasteiger partial charge on any atom is 0.0559 e. The van der Waals surface area contributed by atoms with Crippen LogP contribution >= 0.6 is 0 Å². The van der Waals surface area contributed by atoms with Gasteiger partial charge in [0.1, 0.15) is 0 Å². The second-order valence-corrected chi connectivity index (χ2v) is 5.70. The molecule has 0 saturated heterocycles. The maximum absolute atomic E-state index is 3.68. The first-order chi connectivity index (χ1) is 8.74. The maximum atomic E-state index is 3.68. The number of rotatable bonds is 0. The molecule has 1 N–H and O–H groups in total. The summed E-state index contributed by atoms with van der Waals surface area (Å²) in [7, 11) is 0. The van der Waals surface area contributed by atoms with Gasteiger partial charge < -0.3 is 9.88 Å². The van der Waals surface area contributed by atoms with Crippen LogP contribution in [-0.2, 0) is 6.54 Å². The number of aryl methyl sites for hydroxylation is 1. The molecule has 92 valence electrons. The Kier molecular flexibility index (Phi) is 2.01. The van der Waals surface area contributed by atoms with Crippen molar-refractivity contribution >= 4 is 16.5 Å². The van der Waals surface area contributed by atoms with Crippen molar-refractivity contribution in [3.8, 4) is 0 Å². The number of nitrogens with zero attached hydrogens (tertiary/aromatic N) is 1. The predicted octanol–water partition coefficient (Wildman–Crippen LogP) is 2.95. The fourth-order valence-electron chi connectivity index (χ4n) is 3.47. The quantitative estimate of drug-likeness (QED) is 0.746. The molecular formula is C16H18N2. The zero-order chi connectivity index (χ0) is 12.3. The Morgan fingerprint density at radius 2 is 2.22 bits per heavy atom. The largest absolute Gasteiger partial charge is 0.342 e. The molecule has 2 atom stereocenters. The number of fused-ring (bicyclic) bond motifs is 2. The Morgan fingerprint density at radius 3 is 3.11 bits per heavy atom. The minimum atomic E-state index is 0.491. The van der Waals surface area contributed by atoms with Gasteiger partial charge in [0.05, 0.1) is 11.6 Å². The lowest BCUT2D eigenvalue weighted by atomic mass is 9.88. The third-order valence-corrected chi connectivity index (χ3v) is 4.33. The van der Waals surface area contributed by atoms with Crippen LogP contribution in [0.1, 0.15) is 18.2 Å². The minimum Gasteiger partial charge on any atom is -0.342 e. The summed E-state index contributed by atoms with van der Waals surface area (Å²) in [6, 6.07) is 9.48. The average Bonchev–Trinajstić information content (AvgIpc) is 2.69. The Labute approximate surface area is 107 Å². The molecule has 1 aromatic carbocycles. The molecule has 0 saturated carbocycles. The predicted molar refractivity (Wildman–Crippen MR) is 75.6 cm³/mol. The van der Waals surface area contributed by atoms with Crippen LogP contribution in [0.4, 0.5) is 0 Å². The molecule has 0 radical (unpaired) electrons. The summed E-state index contributed by atoms with van der Waals surface area (Å²) >= 11 is 0. The van der Waals surface area contributed by atoms with Crippen molar-refractivity contribution < 1.29 is 0 Å². The fourth-order valence-corrected chi connectivity index (χ4v) is 3.47. The molecular weight excluding hydrogens is 220 g/mol. The van der Waals surface area contributed by atoms with Crippen molar-refractivity contribution in [2.75, 3.05) is 6.54 Å². The Morgan fingerprint density at radius 1 is 1.33 bits per heavy atom. The summed E-state index contributed by atoms with van der Waals surface area (Å²) in [4.78, 5) is 0. The van der Waals surface area contributed by atoms with Crippen LogP contribution in [0.3, 0.4) is 0 Å². The number of aromatic nitrogens is 1. The number of benzene rings is 1. The second-order valence-electron chi connectivity index (χ2n) is 5.70. The second kappa shape index (κ2) is 3.48. The van der Waals surface area contributed by atoms with Gasteiger partial charge in [-0.15, -0.1) is 0 Å². The molecule has 0 spiro atoms. The van der Waals surface area contributed by atoms with Crippen LogP contribution in [0.25, 0.3) is 16.5 Å². The van der Waals surface area contributed by atoms with E-state index in [0.29, 0.717) is 12.0 Å². The van der Waals surface area contributed by atoms with Gasteiger partial charge in [-0.25, -0.2) is 0 Å². The van der Waals surface area contributed by atoms with Gasteiger partial charge in [-0.1, -0.05) is 31.2 Å². The molecule has 0 fully saturated rings. The van der Waals surface area contributed by atoms with E-state index in [1.165, 1.54) is 27.7 Å². The summed E-state index contributed by atoms with van der Waals surface area (Å²) in [6.07, 6.45) is 2.46. The van der Waals surface area contributed by atoms with Crippen LogP contribution in [0.5, 0.6) is 0 Å². The summed E-state index contributed by atoms with van der Waals surface area (Å²) in [5.41, 5.74) is 5.73. The lowest BCUT2D eigenvalue weighted by Crippen LogP contribution is -2.42. The first-order valence-electron chi connectivity index (χ1n) is 6.78. The molecule has 2 nitrogen and oxygen atoms in total. The van der Waals surface area contributed by atoms with Gasteiger partial charge in [0.15, 0.2) is 0 Å². The van der Waals surface area contributed by atoms with Crippen molar-refractivity contribution in [1.29, 1.82) is 0 Å². The van der Waals surface area contributed by atoms with Crippen LogP contribution in [-0.4, -0.2) is 17.2 Å². The lowest BCUT2D eigenvalue weighted by Gasteiger charge is -2.34. The van der Waals surface area contributed by atoms with Gasteiger partial charge in [0.25, 0.3) is 0 Å². The Bertz CT molecular complexity index is 663. The molecule has 0 aliphatic carbocycles. The fraction of sp³-hybridized carbons (Fsp3) is 0.375. The normalized spacial score (nSPS) is 26.0. The molecule has 3 heterocycles. The Balaban J connectivity index is 2.06. The van der Waals surface area contributed by atoms with E-state index in [4.69, 9.17) is 0 Å². The molecule has 18 heavy (non-hydrogen) atoms. The van der Waals surface area contributed by atoms with Gasteiger partial charge in [-0.2, -0.15) is 0 Å². The Hall–Kier alpha value is -1.54. The molecule has 1 unspecified atom stereocenters. The number of nitrogens with one attached hydrogen (secondary N) is 1. The van der Waals surface area contributed by atoms with E-state index in [1.54, 1.807) is 0 Å². The first kappa shape index (κ1) is 10.4. The molecule has 4 rings (SSSR count). The SMILES string of the molecule is Cc1cc2cccc3c2n1CC1NC[C@H](C)C=C31.